The van der Waals surface area contributed by atoms with Crippen LogP contribution < -0.4 is 9.47 Å². The number of methoxy groups -OCH3 is 1. The predicted octanol–water partition coefficient (Wildman–Crippen LogP) is 4.66. The fourth-order valence-electron chi connectivity index (χ4n) is 3.36. The first-order valence-corrected chi connectivity index (χ1v) is 8.91. The molecule has 1 unspecified atom stereocenters. The summed E-state index contributed by atoms with van der Waals surface area (Å²) in [5.74, 6) is 0.762. The SMILES string of the molecule is COc1cncc(-c2cccc(C3(c4ccc(OC(F)F)cc4)COC=N3)c2)c1. The predicted molar refractivity (Wildman–Crippen MR) is 105 cm³/mol. The third-order valence-corrected chi connectivity index (χ3v) is 4.82. The lowest BCUT2D eigenvalue weighted by molar-refractivity contribution is -0.0498. The summed E-state index contributed by atoms with van der Waals surface area (Å²) in [7, 11) is 1.60. The Bertz CT molecular complexity index is 1020. The van der Waals surface area contributed by atoms with Gasteiger partial charge in [-0.3, -0.25) is 4.98 Å². The Balaban J connectivity index is 1.73. The zero-order valence-corrected chi connectivity index (χ0v) is 15.6. The molecule has 148 valence electrons. The van der Waals surface area contributed by atoms with Gasteiger partial charge in [0, 0.05) is 11.8 Å². The van der Waals surface area contributed by atoms with Crippen LogP contribution in [-0.4, -0.2) is 31.7 Å². The van der Waals surface area contributed by atoms with Crippen molar-refractivity contribution in [3.8, 4) is 22.6 Å². The van der Waals surface area contributed by atoms with E-state index in [9.17, 15) is 8.78 Å². The average molecular weight is 396 g/mol. The first-order valence-electron chi connectivity index (χ1n) is 8.91. The van der Waals surface area contributed by atoms with Crippen molar-refractivity contribution >= 4 is 6.40 Å². The fraction of sp³-hybridized carbons (Fsp3) is 0.182. The third-order valence-electron chi connectivity index (χ3n) is 4.82. The smallest absolute Gasteiger partial charge is 0.387 e. The van der Waals surface area contributed by atoms with Gasteiger partial charge in [0.25, 0.3) is 0 Å². The molecule has 1 aliphatic rings. The molecule has 0 bridgehead atoms. The van der Waals surface area contributed by atoms with Gasteiger partial charge in [-0.05, 0) is 41.0 Å². The molecular formula is C22H18F2N2O3. The van der Waals surface area contributed by atoms with Crippen LogP contribution in [0.1, 0.15) is 11.1 Å². The molecule has 29 heavy (non-hydrogen) atoms. The van der Waals surface area contributed by atoms with Crippen molar-refractivity contribution in [2.24, 2.45) is 4.99 Å². The third kappa shape index (κ3) is 3.76. The number of halogens is 2. The van der Waals surface area contributed by atoms with Crippen molar-refractivity contribution in [3.63, 3.8) is 0 Å². The van der Waals surface area contributed by atoms with E-state index in [-0.39, 0.29) is 5.75 Å². The largest absolute Gasteiger partial charge is 0.495 e. The van der Waals surface area contributed by atoms with Gasteiger partial charge in [-0.1, -0.05) is 30.3 Å². The maximum absolute atomic E-state index is 12.4. The normalized spacial score (nSPS) is 17.9. The lowest BCUT2D eigenvalue weighted by atomic mass is 9.83. The molecule has 0 radical (unpaired) electrons. The summed E-state index contributed by atoms with van der Waals surface area (Å²) in [6.45, 7) is -2.56. The number of alkyl halides is 2. The zero-order valence-electron chi connectivity index (χ0n) is 15.6. The van der Waals surface area contributed by atoms with E-state index < -0.39 is 12.2 Å². The van der Waals surface area contributed by atoms with Crippen molar-refractivity contribution in [1.82, 2.24) is 4.98 Å². The van der Waals surface area contributed by atoms with Gasteiger partial charge in [-0.2, -0.15) is 8.78 Å². The number of nitrogens with zero attached hydrogens (tertiary/aromatic N) is 2. The number of pyridine rings is 1. The summed E-state index contributed by atoms with van der Waals surface area (Å²) in [5.41, 5.74) is 2.81. The maximum Gasteiger partial charge on any atom is 0.387 e. The molecule has 0 N–H and O–H groups in total. The lowest BCUT2D eigenvalue weighted by Crippen LogP contribution is -2.27. The molecule has 1 aliphatic heterocycles. The van der Waals surface area contributed by atoms with E-state index >= 15 is 0 Å². The summed E-state index contributed by atoms with van der Waals surface area (Å²) >= 11 is 0. The van der Waals surface area contributed by atoms with Crippen LogP contribution in [0.5, 0.6) is 11.5 Å². The molecule has 3 aromatic rings. The minimum Gasteiger partial charge on any atom is -0.495 e. The molecule has 0 spiro atoms. The van der Waals surface area contributed by atoms with E-state index in [0.717, 1.165) is 22.3 Å². The molecule has 1 aromatic heterocycles. The highest BCUT2D eigenvalue weighted by Crippen LogP contribution is 2.39. The number of hydrogen-bond donors (Lipinski definition) is 0. The monoisotopic (exact) mass is 396 g/mol. The van der Waals surface area contributed by atoms with Gasteiger partial charge in [0.15, 0.2) is 6.40 Å². The van der Waals surface area contributed by atoms with Crippen LogP contribution in [0.3, 0.4) is 0 Å². The van der Waals surface area contributed by atoms with E-state index in [4.69, 9.17) is 9.47 Å². The highest BCUT2D eigenvalue weighted by Gasteiger charge is 2.37. The molecular weight excluding hydrogens is 378 g/mol. The molecule has 1 atom stereocenters. The second kappa shape index (κ2) is 7.87. The highest BCUT2D eigenvalue weighted by molar-refractivity contribution is 5.66. The van der Waals surface area contributed by atoms with Crippen molar-refractivity contribution in [1.29, 1.82) is 0 Å². The highest BCUT2D eigenvalue weighted by atomic mass is 19.3. The lowest BCUT2D eigenvalue weighted by Gasteiger charge is -2.26. The fourth-order valence-corrected chi connectivity index (χ4v) is 3.36. The van der Waals surface area contributed by atoms with E-state index in [2.05, 4.69) is 14.7 Å². The Kier molecular flexibility index (Phi) is 5.12. The van der Waals surface area contributed by atoms with Crippen LogP contribution in [0.15, 0.2) is 72.0 Å². The van der Waals surface area contributed by atoms with Crippen LogP contribution in [0, 0.1) is 0 Å². The van der Waals surface area contributed by atoms with Crippen LogP contribution >= 0.6 is 0 Å². The van der Waals surface area contributed by atoms with Crippen LogP contribution in [0.2, 0.25) is 0 Å². The van der Waals surface area contributed by atoms with Gasteiger partial charge in [0.1, 0.15) is 23.6 Å². The summed E-state index contributed by atoms with van der Waals surface area (Å²) in [4.78, 5) is 8.80. The maximum atomic E-state index is 12.4. The van der Waals surface area contributed by atoms with E-state index in [1.54, 1.807) is 31.6 Å². The number of benzene rings is 2. The molecule has 2 aromatic carbocycles. The number of hydrogen-bond acceptors (Lipinski definition) is 5. The van der Waals surface area contributed by atoms with Crippen LogP contribution in [-0.2, 0) is 10.3 Å². The Morgan fingerprint density at radius 2 is 1.79 bits per heavy atom. The van der Waals surface area contributed by atoms with Crippen molar-refractivity contribution in [3.05, 3.63) is 78.1 Å². The Morgan fingerprint density at radius 1 is 0.966 bits per heavy atom. The van der Waals surface area contributed by atoms with Gasteiger partial charge in [-0.25, -0.2) is 4.99 Å². The van der Waals surface area contributed by atoms with Gasteiger partial charge >= 0.3 is 6.61 Å². The second-order valence-electron chi connectivity index (χ2n) is 6.50. The second-order valence-corrected chi connectivity index (χ2v) is 6.50. The minimum atomic E-state index is -2.87. The summed E-state index contributed by atoms with van der Waals surface area (Å²) in [6.07, 6.45) is 4.83. The molecule has 7 heteroatoms. The number of rotatable bonds is 6. The molecule has 4 rings (SSSR count). The number of aliphatic imine (C=N–C) groups is 1. The molecule has 0 fully saturated rings. The molecule has 0 aliphatic carbocycles. The van der Waals surface area contributed by atoms with E-state index in [1.807, 2.05) is 30.3 Å². The Morgan fingerprint density at radius 3 is 2.48 bits per heavy atom. The molecule has 0 saturated carbocycles. The quantitative estimate of drug-likeness (QED) is 0.608. The van der Waals surface area contributed by atoms with Gasteiger partial charge in [0.2, 0.25) is 0 Å². The topological polar surface area (TPSA) is 52.9 Å². The number of ether oxygens (including phenoxy) is 3. The summed E-state index contributed by atoms with van der Waals surface area (Å²) in [6, 6.07) is 16.3. The molecule has 0 amide bonds. The Hall–Kier alpha value is -3.48. The molecule has 2 heterocycles. The number of aromatic nitrogens is 1. The molecule has 0 saturated heterocycles. The zero-order chi connectivity index (χ0) is 20.3. The summed E-state index contributed by atoms with van der Waals surface area (Å²) in [5, 5.41) is 0. The standard InChI is InChI=1S/C22H18F2N2O3/c1-27-20-10-16(11-25-12-20)15-3-2-4-18(9-15)22(13-28-14-26-22)17-5-7-19(8-6-17)29-21(23)24/h2-12,14,21H,13H2,1H3. The van der Waals surface area contributed by atoms with Gasteiger partial charge < -0.3 is 14.2 Å². The van der Waals surface area contributed by atoms with Crippen molar-refractivity contribution in [2.75, 3.05) is 13.7 Å². The van der Waals surface area contributed by atoms with Gasteiger partial charge in [0.05, 0.1) is 13.3 Å². The van der Waals surface area contributed by atoms with Crippen molar-refractivity contribution < 1.29 is 23.0 Å². The summed E-state index contributed by atoms with van der Waals surface area (Å²) < 4.78 is 40.1. The Labute approximate surface area is 166 Å². The first-order chi connectivity index (χ1) is 14.1. The molecule has 5 nitrogen and oxygen atoms in total. The van der Waals surface area contributed by atoms with E-state index in [1.165, 1.54) is 18.5 Å². The van der Waals surface area contributed by atoms with Crippen molar-refractivity contribution in [2.45, 2.75) is 12.2 Å². The first kappa shape index (κ1) is 18.9. The minimum absolute atomic E-state index is 0.0954. The average Bonchev–Trinajstić information content (AvgIpc) is 3.25. The van der Waals surface area contributed by atoms with Gasteiger partial charge in [-0.15, -0.1) is 0 Å². The van der Waals surface area contributed by atoms with E-state index in [0.29, 0.717) is 12.4 Å². The van der Waals surface area contributed by atoms with Crippen LogP contribution in [0.25, 0.3) is 11.1 Å². The van der Waals surface area contributed by atoms with Crippen LogP contribution in [0.4, 0.5) is 8.78 Å².